The Bertz CT molecular complexity index is 589. The second-order valence-corrected chi connectivity index (χ2v) is 7.68. The smallest absolute Gasteiger partial charge is 0.222 e. The van der Waals surface area contributed by atoms with Crippen LogP contribution in [0.3, 0.4) is 0 Å². The van der Waals surface area contributed by atoms with E-state index in [2.05, 4.69) is 25.1 Å². The SMILES string of the molecule is O=C(CCCN1CCOCC1)N1C[C@H](Nc2ncccn2)[C@@H](C2CC2)C1. The molecule has 3 fully saturated rings. The maximum Gasteiger partial charge on any atom is 0.222 e. The van der Waals surface area contributed by atoms with Gasteiger partial charge in [-0.1, -0.05) is 0 Å². The molecule has 1 aliphatic carbocycles. The Morgan fingerprint density at radius 3 is 2.69 bits per heavy atom. The first kappa shape index (κ1) is 17.7. The van der Waals surface area contributed by atoms with Crippen LogP contribution < -0.4 is 5.32 Å². The molecular formula is C19H29N5O2. The lowest BCUT2D eigenvalue weighted by molar-refractivity contribution is -0.130. The van der Waals surface area contributed by atoms with Gasteiger partial charge in [-0.05, 0) is 37.8 Å². The highest BCUT2D eigenvalue weighted by molar-refractivity contribution is 5.76. The summed E-state index contributed by atoms with van der Waals surface area (Å²) < 4.78 is 5.38. The first-order valence-corrected chi connectivity index (χ1v) is 9.91. The van der Waals surface area contributed by atoms with Gasteiger partial charge in [-0.25, -0.2) is 9.97 Å². The molecule has 2 atom stereocenters. The lowest BCUT2D eigenvalue weighted by Crippen LogP contribution is -2.37. The van der Waals surface area contributed by atoms with Crippen LogP contribution in [0.15, 0.2) is 18.5 Å². The normalized spacial score (nSPS) is 26.8. The second kappa shape index (κ2) is 8.31. The fourth-order valence-electron chi connectivity index (χ4n) is 4.16. The number of rotatable bonds is 7. The third-order valence-corrected chi connectivity index (χ3v) is 5.79. The number of morpholine rings is 1. The largest absolute Gasteiger partial charge is 0.379 e. The van der Waals surface area contributed by atoms with Gasteiger partial charge in [0.25, 0.3) is 0 Å². The van der Waals surface area contributed by atoms with Crippen LogP contribution in [0, 0.1) is 11.8 Å². The highest BCUT2D eigenvalue weighted by Gasteiger charge is 2.43. The fraction of sp³-hybridized carbons (Fsp3) is 0.737. The molecular weight excluding hydrogens is 330 g/mol. The monoisotopic (exact) mass is 359 g/mol. The van der Waals surface area contributed by atoms with E-state index >= 15 is 0 Å². The Hall–Kier alpha value is -1.73. The number of anilines is 1. The minimum absolute atomic E-state index is 0.271. The first-order valence-electron chi connectivity index (χ1n) is 9.91. The van der Waals surface area contributed by atoms with Crippen LogP contribution in [0.4, 0.5) is 5.95 Å². The molecule has 3 heterocycles. The molecule has 4 rings (SSSR count). The van der Waals surface area contributed by atoms with E-state index < -0.39 is 0 Å². The van der Waals surface area contributed by atoms with E-state index in [9.17, 15) is 4.79 Å². The summed E-state index contributed by atoms with van der Waals surface area (Å²) in [5, 5.41) is 3.47. The van der Waals surface area contributed by atoms with Crippen LogP contribution in [-0.2, 0) is 9.53 Å². The highest BCUT2D eigenvalue weighted by atomic mass is 16.5. The fourth-order valence-corrected chi connectivity index (χ4v) is 4.16. The average molecular weight is 359 g/mol. The van der Waals surface area contributed by atoms with Gasteiger partial charge in [-0.2, -0.15) is 0 Å². The van der Waals surface area contributed by atoms with Crippen LogP contribution in [0.2, 0.25) is 0 Å². The van der Waals surface area contributed by atoms with E-state index in [4.69, 9.17) is 4.74 Å². The zero-order valence-electron chi connectivity index (χ0n) is 15.3. The third kappa shape index (κ3) is 4.51. The van der Waals surface area contributed by atoms with Crippen LogP contribution >= 0.6 is 0 Å². The minimum atomic E-state index is 0.271. The van der Waals surface area contributed by atoms with Crippen LogP contribution in [0.25, 0.3) is 0 Å². The molecule has 26 heavy (non-hydrogen) atoms. The Labute approximate surface area is 155 Å². The van der Waals surface area contributed by atoms with Crippen molar-refractivity contribution >= 4 is 11.9 Å². The van der Waals surface area contributed by atoms with Gasteiger partial charge in [0.05, 0.1) is 19.3 Å². The predicted octanol–water partition coefficient (Wildman–Crippen LogP) is 1.24. The van der Waals surface area contributed by atoms with Crippen LogP contribution in [0.5, 0.6) is 0 Å². The molecule has 142 valence electrons. The quantitative estimate of drug-likeness (QED) is 0.790. The van der Waals surface area contributed by atoms with Gasteiger partial charge in [0.2, 0.25) is 11.9 Å². The topological polar surface area (TPSA) is 70.6 Å². The van der Waals surface area contributed by atoms with Gasteiger partial charge in [-0.15, -0.1) is 0 Å². The van der Waals surface area contributed by atoms with Gasteiger partial charge in [0.15, 0.2) is 0 Å². The Morgan fingerprint density at radius 1 is 1.19 bits per heavy atom. The highest BCUT2D eigenvalue weighted by Crippen LogP contribution is 2.42. The van der Waals surface area contributed by atoms with Crippen molar-refractivity contribution in [1.82, 2.24) is 19.8 Å². The Morgan fingerprint density at radius 2 is 1.96 bits per heavy atom. The molecule has 3 aliphatic rings. The average Bonchev–Trinajstić information content (AvgIpc) is 3.44. The summed E-state index contributed by atoms with van der Waals surface area (Å²) in [5.74, 6) is 2.25. The first-order chi connectivity index (χ1) is 12.8. The van der Waals surface area contributed by atoms with E-state index in [1.807, 2.05) is 6.07 Å². The van der Waals surface area contributed by atoms with Gasteiger partial charge >= 0.3 is 0 Å². The molecule has 1 aromatic heterocycles. The number of hydrogen-bond acceptors (Lipinski definition) is 6. The third-order valence-electron chi connectivity index (χ3n) is 5.79. The second-order valence-electron chi connectivity index (χ2n) is 7.68. The molecule has 1 aromatic rings. The molecule has 2 saturated heterocycles. The van der Waals surface area contributed by atoms with Crippen molar-refractivity contribution in [3.63, 3.8) is 0 Å². The van der Waals surface area contributed by atoms with Crippen molar-refractivity contribution in [3.05, 3.63) is 18.5 Å². The Kier molecular flexibility index (Phi) is 5.65. The van der Waals surface area contributed by atoms with Crippen molar-refractivity contribution in [2.75, 3.05) is 51.3 Å². The zero-order valence-corrected chi connectivity index (χ0v) is 15.3. The Balaban J connectivity index is 1.27. The predicted molar refractivity (Wildman–Crippen MR) is 98.7 cm³/mol. The molecule has 0 aromatic carbocycles. The number of carbonyl (C=O) groups excluding carboxylic acids is 1. The van der Waals surface area contributed by atoms with Crippen LogP contribution in [0.1, 0.15) is 25.7 Å². The number of carbonyl (C=O) groups is 1. The minimum Gasteiger partial charge on any atom is -0.379 e. The van der Waals surface area contributed by atoms with Crippen molar-refractivity contribution in [1.29, 1.82) is 0 Å². The number of amides is 1. The molecule has 1 N–H and O–H groups in total. The zero-order chi connectivity index (χ0) is 17.8. The number of ether oxygens (including phenoxy) is 1. The number of likely N-dealkylation sites (tertiary alicyclic amines) is 1. The summed E-state index contributed by atoms with van der Waals surface area (Å²) in [5.41, 5.74) is 0. The lowest BCUT2D eigenvalue weighted by Gasteiger charge is -2.26. The van der Waals surface area contributed by atoms with Crippen LogP contribution in [-0.4, -0.2) is 77.7 Å². The molecule has 7 nitrogen and oxygen atoms in total. The number of aromatic nitrogens is 2. The summed E-state index contributed by atoms with van der Waals surface area (Å²) in [6, 6.07) is 2.09. The van der Waals surface area contributed by atoms with E-state index in [0.29, 0.717) is 24.2 Å². The maximum absolute atomic E-state index is 12.7. The number of hydrogen-bond donors (Lipinski definition) is 1. The van der Waals surface area contributed by atoms with Gasteiger partial charge < -0.3 is 15.0 Å². The van der Waals surface area contributed by atoms with E-state index in [-0.39, 0.29) is 6.04 Å². The van der Waals surface area contributed by atoms with Gasteiger partial charge in [-0.3, -0.25) is 9.69 Å². The standard InChI is InChI=1S/C19H29N5O2/c25-18(3-1-8-23-9-11-26-12-10-23)24-13-16(15-4-5-15)17(14-24)22-19-20-6-2-7-21-19/h2,6-7,15-17H,1,3-5,8-14H2,(H,20,21,22)/t16-,17+/m1/s1. The summed E-state index contributed by atoms with van der Waals surface area (Å²) >= 11 is 0. The van der Waals surface area contributed by atoms with Crippen molar-refractivity contribution in [2.45, 2.75) is 31.7 Å². The molecule has 0 spiro atoms. The molecule has 0 radical (unpaired) electrons. The molecule has 2 aliphatic heterocycles. The summed E-state index contributed by atoms with van der Waals surface area (Å²) in [4.78, 5) is 25.7. The molecule has 0 bridgehead atoms. The maximum atomic E-state index is 12.7. The summed E-state index contributed by atoms with van der Waals surface area (Å²) in [6.07, 6.45) is 7.66. The number of nitrogens with one attached hydrogen (secondary N) is 1. The molecule has 0 unspecified atom stereocenters. The van der Waals surface area contributed by atoms with Gasteiger partial charge in [0, 0.05) is 50.9 Å². The van der Waals surface area contributed by atoms with E-state index in [1.165, 1.54) is 12.8 Å². The molecule has 1 saturated carbocycles. The summed E-state index contributed by atoms with van der Waals surface area (Å²) in [7, 11) is 0. The number of nitrogens with zero attached hydrogens (tertiary/aromatic N) is 4. The lowest BCUT2D eigenvalue weighted by atomic mass is 9.98. The van der Waals surface area contributed by atoms with E-state index in [0.717, 1.165) is 58.3 Å². The van der Waals surface area contributed by atoms with Crippen molar-refractivity contribution in [2.24, 2.45) is 11.8 Å². The summed E-state index contributed by atoms with van der Waals surface area (Å²) in [6.45, 7) is 6.27. The van der Waals surface area contributed by atoms with E-state index in [1.54, 1.807) is 12.4 Å². The molecule has 7 heteroatoms. The van der Waals surface area contributed by atoms with Crippen molar-refractivity contribution < 1.29 is 9.53 Å². The van der Waals surface area contributed by atoms with Gasteiger partial charge in [0.1, 0.15) is 0 Å². The molecule has 1 amide bonds. The van der Waals surface area contributed by atoms with Crippen molar-refractivity contribution in [3.8, 4) is 0 Å².